The fourth-order valence-corrected chi connectivity index (χ4v) is 1.50. The van der Waals surface area contributed by atoms with E-state index in [2.05, 4.69) is 19.9 Å². The minimum atomic E-state index is -0.0642. The molecule has 0 atom stereocenters. The van der Waals surface area contributed by atoms with Gasteiger partial charge in [-0.2, -0.15) is 0 Å². The van der Waals surface area contributed by atoms with Crippen LogP contribution in [0.25, 0.3) is 0 Å². The fraction of sp³-hybridized carbons (Fsp3) is 0.500. The Labute approximate surface area is 85.8 Å². The van der Waals surface area contributed by atoms with Gasteiger partial charge < -0.3 is 10.8 Å². The Morgan fingerprint density at radius 2 is 1.79 bits per heavy atom. The van der Waals surface area contributed by atoms with Gasteiger partial charge in [-0.15, -0.1) is 0 Å². The molecule has 0 unspecified atom stereocenters. The molecule has 0 heterocycles. The van der Waals surface area contributed by atoms with Crippen molar-refractivity contribution >= 4 is 0 Å². The molecule has 0 saturated carbocycles. The highest BCUT2D eigenvalue weighted by atomic mass is 16.3. The van der Waals surface area contributed by atoms with E-state index in [1.54, 1.807) is 0 Å². The van der Waals surface area contributed by atoms with Crippen LogP contribution >= 0.6 is 0 Å². The number of hydrogen-bond acceptors (Lipinski definition) is 2. The number of rotatable bonds is 4. The van der Waals surface area contributed by atoms with Crippen LogP contribution in [0.5, 0.6) is 0 Å². The first-order valence-electron chi connectivity index (χ1n) is 4.97. The molecule has 2 heteroatoms. The van der Waals surface area contributed by atoms with Crippen LogP contribution in [0.1, 0.15) is 25.0 Å². The van der Waals surface area contributed by atoms with Gasteiger partial charge in [-0.1, -0.05) is 38.1 Å². The zero-order valence-electron chi connectivity index (χ0n) is 8.96. The van der Waals surface area contributed by atoms with E-state index >= 15 is 0 Å². The van der Waals surface area contributed by atoms with Crippen molar-refractivity contribution in [1.29, 1.82) is 0 Å². The normalized spacial score (nSPS) is 11.7. The van der Waals surface area contributed by atoms with Crippen LogP contribution in [0, 0.1) is 5.41 Å². The van der Waals surface area contributed by atoms with Gasteiger partial charge in [0.05, 0.1) is 0 Å². The topological polar surface area (TPSA) is 46.2 Å². The largest absolute Gasteiger partial charge is 0.396 e. The van der Waals surface area contributed by atoms with Crippen molar-refractivity contribution in [3.05, 3.63) is 35.4 Å². The second-order valence-corrected chi connectivity index (χ2v) is 4.47. The third kappa shape index (κ3) is 2.82. The van der Waals surface area contributed by atoms with Crippen LogP contribution in [-0.2, 0) is 13.0 Å². The maximum absolute atomic E-state index is 9.19. The highest BCUT2D eigenvalue weighted by Gasteiger charge is 2.18. The van der Waals surface area contributed by atoms with Crippen LogP contribution in [0.2, 0.25) is 0 Å². The number of nitrogens with two attached hydrogens (primary N) is 1. The van der Waals surface area contributed by atoms with E-state index in [4.69, 9.17) is 5.73 Å². The lowest BCUT2D eigenvalue weighted by molar-refractivity contribution is 0.159. The monoisotopic (exact) mass is 193 g/mol. The van der Waals surface area contributed by atoms with Crippen LogP contribution < -0.4 is 5.73 Å². The highest BCUT2D eigenvalue weighted by Crippen LogP contribution is 2.22. The maximum Gasteiger partial charge on any atom is 0.0485 e. The third-order valence-electron chi connectivity index (χ3n) is 2.44. The summed E-state index contributed by atoms with van der Waals surface area (Å²) in [7, 11) is 0. The van der Waals surface area contributed by atoms with E-state index in [9.17, 15) is 5.11 Å². The first-order valence-corrected chi connectivity index (χ1v) is 4.97. The summed E-state index contributed by atoms with van der Waals surface area (Å²) in [6.07, 6.45) is 0.872. The molecule has 0 spiro atoms. The zero-order valence-corrected chi connectivity index (χ0v) is 8.96. The Hall–Kier alpha value is -0.860. The van der Waals surface area contributed by atoms with Gasteiger partial charge in [-0.05, 0) is 23.0 Å². The maximum atomic E-state index is 9.19. The highest BCUT2D eigenvalue weighted by molar-refractivity contribution is 5.27. The van der Waals surface area contributed by atoms with Gasteiger partial charge in [0.25, 0.3) is 0 Å². The smallest absolute Gasteiger partial charge is 0.0485 e. The summed E-state index contributed by atoms with van der Waals surface area (Å²) in [6.45, 7) is 4.88. The summed E-state index contributed by atoms with van der Waals surface area (Å²) >= 11 is 0. The Bertz CT molecular complexity index is 294. The Morgan fingerprint density at radius 1 is 1.21 bits per heavy atom. The molecule has 0 aliphatic heterocycles. The van der Waals surface area contributed by atoms with Crippen LogP contribution in [0.4, 0.5) is 0 Å². The van der Waals surface area contributed by atoms with E-state index in [-0.39, 0.29) is 12.0 Å². The van der Waals surface area contributed by atoms with Crippen molar-refractivity contribution < 1.29 is 5.11 Å². The summed E-state index contributed by atoms with van der Waals surface area (Å²) in [5, 5.41) is 9.19. The fourth-order valence-electron chi connectivity index (χ4n) is 1.50. The predicted octanol–water partition coefficient (Wildman–Crippen LogP) is 1.71. The number of benzene rings is 1. The molecule has 0 radical (unpaired) electrons. The minimum Gasteiger partial charge on any atom is -0.396 e. The molecular formula is C12H19NO. The van der Waals surface area contributed by atoms with Crippen LogP contribution in [0.15, 0.2) is 24.3 Å². The van der Waals surface area contributed by atoms with Crippen LogP contribution in [0.3, 0.4) is 0 Å². The number of hydrogen-bond donors (Lipinski definition) is 2. The molecule has 1 aromatic rings. The standard InChI is InChI=1S/C12H19NO/c1-12(2,9-14)7-10-5-3-4-6-11(10)8-13/h3-6,14H,7-9,13H2,1-2H3. The summed E-state index contributed by atoms with van der Waals surface area (Å²) in [5.41, 5.74) is 8.00. The van der Waals surface area contributed by atoms with E-state index in [1.165, 1.54) is 11.1 Å². The molecular weight excluding hydrogens is 174 g/mol. The lowest BCUT2D eigenvalue weighted by Gasteiger charge is -2.22. The van der Waals surface area contributed by atoms with Crippen LogP contribution in [-0.4, -0.2) is 11.7 Å². The summed E-state index contributed by atoms with van der Waals surface area (Å²) in [6, 6.07) is 8.14. The predicted molar refractivity (Wildman–Crippen MR) is 58.9 cm³/mol. The Kier molecular flexibility index (Phi) is 3.67. The van der Waals surface area contributed by atoms with Gasteiger partial charge >= 0.3 is 0 Å². The first kappa shape index (κ1) is 11.2. The van der Waals surface area contributed by atoms with Crippen molar-refractivity contribution in [2.24, 2.45) is 11.1 Å². The van der Waals surface area contributed by atoms with E-state index in [0.717, 1.165) is 6.42 Å². The average molecular weight is 193 g/mol. The summed E-state index contributed by atoms with van der Waals surface area (Å²) in [5.74, 6) is 0. The lowest BCUT2D eigenvalue weighted by Crippen LogP contribution is -2.20. The molecule has 1 rings (SSSR count). The molecule has 0 aromatic heterocycles. The van der Waals surface area contributed by atoms with Gasteiger partial charge in [0.2, 0.25) is 0 Å². The van der Waals surface area contributed by atoms with Crippen molar-refractivity contribution in [3.8, 4) is 0 Å². The molecule has 1 aromatic carbocycles. The van der Waals surface area contributed by atoms with Crippen molar-refractivity contribution in [3.63, 3.8) is 0 Å². The van der Waals surface area contributed by atoms with Crippen molar-refractivity contribution in [2.75, 3.05) is 6.61 Å². The number of aliphatic hydroxyl groups is 1. The van der Waals surface area contributed by atoms with Gasteiger partial charge in [0.1, 0.15) is 0 Å². The van der Waals surface area contributed by atoms with Gasteiger partial charge in [0, 0.05) is 13.2 Å². The molecule has 0 fully saturated rings. The molecule has 14 heavy (non-hydrogen) atoms. The second kappa shape index (κ2) is 4.58. The van der Waals surface area contributed by atoms with Gasteiger partial charge in [-0.25, -0.2) is 0 Å². The molecule has 78 valence electrons. The zero-order chi connectivity index (χ0) is 10.6. The Morgan fingerprint density at radius 3 is 2.29 bits per heavy atom. The molecule has 0 saturated heterocycles. The third-order valence-corrected chi connectivity index (χ3v) is 2.44. The lowest BCUT2D eigenvalue weighted by atomic mass is 9.85. The van der Waals surface area contributed by atoms with Crippen molar-refractivity contribution in [2.45, 2.75) is 26.8 Å². The second-order valence-electron chi connectivity index (χ2n) is 4.47. The first-order chi connectivity index (χ1) is 6.59. The molecule has 3 N–H and O–H groups in total. The SMILES string of the molecule is CC(C)(CO)Cc1ccccc1CN. The molecule has 0 aliphatic carbocycles. The Balaban J connectivity index is 2.85. The van der Waals surface area contributed by atoms with Gasteiger partial charge in [-0.3, -0.25) is 0 Å². The molecule has 0 amide bonds. The molecule has 0 bridgehead atoms. The average Bonchev–Trinajstić information content (AvgIpc) is 2.18. The van der Waals surface area contributed by atoms with Gasteiger partial charge in [0.15, 0.2) is 0 Å². The quantitative estimate of drug-likeness (QED) is 0.764. The minimum absolute atomic E-state index is 0.0642. The summed E-state index contributed by atoms with van der Waals surface area (Å²) < 4.78 is 0. The van der Waals surface area contributed by atoms with E-state index in [0.29, 0.717) is 6.54 Å². The van der Waals surface area contributed by atoms with Crippen molar-refractivity contribution in [1.82, 2.24) is 0 Å². The number of aliphatic hydroxyl groups excluding tert-OH is 1. The molecule has 0 aliphatic rings. The summed E-state index contributed by atoms with van der Waals surface area (Å²) in [4.78, 5) is 0. The van der Waals surface area contributed by atoms with E-state index < -0.39 is 0 Å². The molecule has 2 nitrogen and oxygen atoms in total. The van der Waals surface area contributed by atoms with E-state index in [1.807, 2.05) is 18.2 Å².